The van der Waals surface area contributed by atoms with E-state index in [0.717, 1.165) is 0 Å². The Balaban J connectivity index is -0.000000143. The summed E-state index contributed by atoms with van der Waals surface area (Å²) in [6.07, 6.45) is 7.50. The van der Waals surface area contributed by atoms with Crippen LogP contribution in [0.2, 0.25) is 0 Å². The first-order valence-electron chi connectivity index (χ1n) is 16.0. The van der Waals surface area contributed by atoms with Gasteiger partial charge < -0.3 is 9.84 Å². The van der Waals surface area contributed by atoms with Crippen molar-refractivity contribution in [2.45, 2.75) is 156 Å². The molecular weight excluding hydrogens is 476 g/mol. The fraction of sp³-hybridized carbons (Fsp3) is 0.730. The van der Waals surface area contributed by atoms with Crippen LogP contribution in [0, 0.1) is 12.3 Å². The fourth-order valence-electron chi connectivity index (χ4n) is 3.56. The zero-order valence-corrected chi connectivity index (χ0v) is 30.2. The molecule has 0 aromatic heterocycles. The van der Waals surface area contributed by atoms with Gasteiger partial charge in [0, 0.05) is 5.41 Å². The topological polar surface area (TPSA) is 29.5 Å². The molecule has 0 amide bonds. The monoisotopic (exact) mass is 551 g/mol. The van der Waals surface area contributed by atoms with Crippen LogP contribution in [0.1, 0.15) is 155 Å². The summed E-state index contributed by atoms with van der Waals surface area (Å²) in [6.45, 7) is 39.2. The Kier molecular flexibility index (Phi) is 37.9. The van der Waals surface area contributed by atoms with Gasteiger partial charge in [-0.25, -0.2) is 0 Å². The van der Waals surface area contributed by atoms with E-state index in [9.17, 15) is 0 Å². The predicted molar refractivity (Wildman–Crippen MR) is 183 cm³/mol. The van der Waals surface area contributed by atoms with Crippen LogP contribution >= 0.6 is 0 Å². The van der Waals surface area contributed by atoms with Crippen LogP contribution in [0.25, 0.3) is 0 Å². The molecule has 1 N–H and O–H groups in total. The quantitative estimate of drug-likeness (QED) is 0.342. The minimum absolute atomic E-state index is 0.00285. The molecule has 2 heteroatoms. The average Bonchev–Trinajstić information content (AvgIpc) is 3.19. The summed E-state index contributed by atoms with van der Waals surface area (Å²) in [7, 11) is 0. The third-order valence-corrected chi connectivity index (χ3v) is 5.46. The van der Waals surface area contributed by atoms with E-state index in [1.54, 1.807) is 11.1 Å². The first kappa shape index (κ1) is 47.4. The SMILES string of the molecule is CC.CC.CC.CC.CC(C)=CC1=C(C)CC(C)(C)C1.CCCC.Cc1ccc(C(C)(C)COCCO)cc1. The summed E-state index contributed by atoms with van der Waals surface area (Å²) in [5, 5.41) is 8.65. The van der Waals surface area contributed by atoms with Crippen molar-refractivity contribution in [2.75, 3.05) is 19.8 Å². The summed E-state index contributed by atoms with van der Waals surface area (Å²) >= 11 is 0. The molecule has 234 valence electrons. The highest BCUT2D eigenvalue weighted by Gasteiger charge is 2.27. The third-order valence-electron chi connectivity index (χ3n) is 5.46. The molecular formula is C37H74O2. The highest BCUT2D eigenvalue weighted by molar-refractivity contribution is 5.33. The smallest absolute Gasteiger partial charge is 0.0698 e. The first-order valence-corrected chi connectivity index (χ1v) is 16.0. The number of hydrogen-bond acceptors (Lipinski definition) is 2. The van der Waals surface area contributed by atoms with E-state index in [0.29, 0.717) is 18.6 Å². The van der Waals surface area contributed by atoms with E-state index in [1.165, 1.54) is 42.4 Å². The van der Waals surface area contributed by atoms with E-state index in [1.807, 2.05) is 55.4 Å². The number of unbranched alkanes of at least 4 members (excludes halogenated alkanes) is 1. The van der Waals surface area contributed by atoms with Crippen molar-refractivity contribution < 1.29 is 9.84 Å². The second-order valence-corrected chi connectivity index (χ2v) is 10.6. The fourth-order valence-corrected chi connectivity index (χ4v) is 3.56. The zero-order chi connectivity index (χ0) is 32.1. The van der Waals surface area contributed by atoms with Crippen LogP contribution in [0.15, 0.2) is 47.1 Å². The highest BCUT2D eigenvalue weighted by atomic mass is 16.5. The van der Waals surface area contributed by atoms with Gasteiger partial charge in [-0.1, -0.05) is 157 Å². The molecule has 0 saturated heterocycles. The van der Waals surface area contributed by atoms with Crippen LogP contribution in [0.4, 0.5) is 0 Å². The Morgan fingerprint density at radius 3 is 1.59 bits per heavy atom. The van der Waals surface area contributed by atoms with E-state index in [4.69, 9.17) is 9.84 Å². The van der Waals surface area contributed by atoms with Gasteiger partial charge in [-0.2, -0.15) is 0 Å². The second-order valence-electron chi connectivity index (χ2n) is 10.6. The molecule has 0 fully saturated rings. The third kappa shape index (κ3) is 28.0. The van der Waals surface area contributed by atoms with Gasteiger partial charge in [-0.15, -0.1) is 0 Å². The predicted octanol–water partition coefficient (Wildman–Crippen LogP) is 12.3. The number of aliphatic hydroxyl groups is 1. The molecule has 2 nitrogen and oxygen atoms in total. The Bertz CT molecular complexity index is 670. The van der Waals surface area contributed by atoms with Gasteiger partial charge in [-0.3, -0.25) is 0 Å². The maximum Gasteiger partial charge on any atom is 0.0698 e. The average molecular weight is 551 g/mol. The molecule has 0 heterocycles. The van der Waals surface area contributed by atoms with Crippen LogP contribution < -0.4 is 0 Å². The minimum Gasteiger partial charge on any atom is -0.394 e. The maximum absolute atomic E-state index is 8.65. The zero-order valence-electron chi connectivity index (χ0n) is 30.2. The lowest BCUT2D eigenvalue weighted by molar-refractivity contribution is 0.0642. The standard InChI is InChI=1S/C13H20O2.C12H20.C4H10.4C2H6/c1-11-4-6-12(7-5-11)13(2,3)10-15-9-8-14;1-9(2)6-11-8-12(4,5)7-10(11)3;1-3-4-2;4*1-2/h4-7,14H,8-10H2,1-3H3;6H,7-8H2,1-5H3;3-4H2,1-2H3;4*1-2H3. The number of allylic oxidation sites excluding steroid dienone is 4. The van der Waals surface area contributed by atoms with Crippen LogP contribution in [-0.4, -0.2) is 24.9 Å². The van der Waals surface area contributed by atoms with Crippen molar-refractivity contribution in [1.82, 2.24) is 0 Å². The maximum atomic E-state index is 8.65. The lowest BCUT2D eigenvalue weighted by Crippen LogP contribution is -2.25. The number of benzene rings is 1. The van der Waals surface area contributed by atoms with E-state index >= 15 is 0 Å². The molecule has 0 aliphatic heterocycles. The number of hydrogen-bond donors (Lipinski definition) is 1. The molecule has 1 aromatic rings. The van der Waals surface area contributed by atoms with Crippen molar-refractivity contribution in [3.63, 3.8) is 0 Å². The van der Waals surface area contributed by atoms with Crippen LogP contribution in [0.5, 0.6) is 0 Å². The summed E-state index contributed by atoms with van der Waals surface area (Å²) < 4.78 is 5.38. The normalized spacial score (nSPS) is 12.5. The minimum atomic E-state index is 0.00285. The highest BCUT2D eigenvalue weighted by Crippen LogP contribution is 2.41. The molecule has 39 heavy (non-hydrogen) atoms. The molecule has 0 spiro atoms. The Morgan fingerprint density at radius 1 is 0.846 bits per heavy atom. The summed E-state index contributed by atoms with van der Waals surface area (Å²) in [6, 6.07) is 8.50. The summed E-state index contributed by atoms with van der Waals surface area (Å²) in [5.74, 6) is 0. The first-order chi connectivity index (χ1) is 18.4. The molecule has 0 atom stereocenters. The Labute approximate surface area is 248 Å². The van der Waals surface area contributed by atoms with Gasteiger partial charge in [0.1, 0.15) is 0 Å². The van der Waals surface area contributed by atoms with Crippen molar-refractivity contribution in [3.8, 4) is 0 Å². The number of ether oxygens (including phenoxy) is 1. The van der Waals surface area contributed by atoms with Gasteiger partial charge in [0.2, 0.25) is 0 Å². The van der Waals surface area contributed by atoms with E-state index in [2.05, 4.69) is 99.6 Å². The molecule has 1 aliphatic carbocycles. The molecule has 0 saturated carbocycles. The van der Waals surface area contributed by atoms with Crippen molar-refractivity contribution >= 4 is 0 Å². The van der Waals surface area contributed by atoms with Gasteiger partial charge in [0.25, 0.3) is 0 Å². The molecule has 2 rings (SSSR count). The lowest BCUT2D eigenvalue weighted by atomic mass is 9.85. The number of aryl methyl sites for hydroxylation is 1. The largest absolute Gasteiger partial charge is 0.394 e. The molecule has 1 aliphatic rings. The van der Waals surface area contributed by atoms with Crippen molar-refractivity contribution in [1.29, 1.82) is 0 Å². The van der Waals surface area contributed by atoms with Crippen molar-refractivity contribution in [2.24, 2.45) is 5.41 Å². The molecule has 0 radical (unpaired) electrons. The van der Waals surface area contributed by atoms with Gasteiger partial charge in [0.05, 0.1) is 19.8 Å². The lowest BCUT2D eigenvalue weighted by Gasteiger charge is -2.25. The number of aliphatic hydroxyl groups excluding tert-OH is 1. The van der Waals surface area contributed by atoms with Gasteiger partial charge in [-0.05, 0) is 57.1 Å². The van der Waals surface area contributed by atoms with Gasteiger partial charge >= 0.3 is 0 Å². The summed E-state index contributed by atoms with van der Waals surface area (Å²) in [5.41, 5.74) is 7.62. The molecule has 1 aromatic carbocycles. The molecule has 0 unspecified atom stereocenters. The van der Waals surface area contributed by atoms with Crippen LogP contribution in [0.3, 0.4) is 0 Å². The Hall–Kier alpha value is -1.38. The second kappa shape index (κ2) is 31.2. The Morgan fingerprint density at radius 2 is 1.28 bits per heavy atom. The van der Waals surface area contributed by atoms with E-state index in [-0.39, 0.29) is 12.0 Å². The summed E-state index contributed by atoms with van der Waals surface area (Å²) in [4.78, 5) is 0. The number of rotatable bonds is 7. The van der Waals surface area contributed by atoms with Crippen molar-refractivity contribution in [3.05, 3.63) is 58.2 Å². The van der Waals surface area contributed by atoms with Gasteiger partial charge in [0.15, 0.2) is 0 Å². The van der Waals surface area contributed by atoms with Crippen LogP contribution in [-0.2, 0) is 10.2 Å². The van der Waals surface area contributed by atoms with E-state index < -0.39 is 0 Å². The molecule has 0 bridgehead atoms.